The molecule has 1 N–H and O–H groups in total. The molecule has 1 aromatic heterocycles. The number of anilines is 1. The van der Waals surface area contributed by atoms with E-state index in [4.69, 9.17) is 0 Å². The number of rotatable bonds is 5. The summed E-state index contributed by atoms with van der Waals surface area (Å²) in [6.45, 7) is 2.14. The molecule has 0 aliphatic rings. The molecule has 0 saturated heterocycles. The number of hydrogen-bond donors (Lipinski definition) is 1. The third kappa shape index (κ3) is 4.05. The van der Waals surface area contributed by atoms with Crippen LogP contribution < -0.4 is 5.32 Å². The van der Waals surface area contributed by atoms with Crippen molar-refractivity contribution in [3.8, 4) is 0 Å². The molecule has 1 unspecified atom stereocenters. The van der Waals surface area contributed by atoms with Crippen LogP contribution in [0.15, 0.2) is 36.5 Å². The second-order valence-corrected chi connectivity index (χ2v) is 5.06. The Morgan fingerprint density at radius 2 is 2.24 bits per heavy atom. The Hall–Kier alpha value is -2.37. The molecule has 1 aromatic carbocycles. The molecule has 1 heterocycles. The monoisotopic (exact) mass is 290 g/mol. The molecule has 0 fully saturated rings. The number of likely N-dealkylation sites (N-methyl/N-ethyl adjacent to an activating group) is 1. The first-order chi connectivity index (χ1) is 9.95. The van der Waals surface area contributed by atoms with Gasteiger partial charge in [-0.1, -0.05) is 12.1 Å². The summed E-state index contributed by atoms with van der Waals surface area (Å²) in [5.41, 5.74) is 0.760. The van der Waals surface area contributed by atoms with Crippen molar-refractivity contribution in [3.63, 3.8) is 0 Å². The molecule has 0 bridgehead atoms. The van der Waals surface area contributed by atoms with E-state index in [0.29, 0.717) is 12.4 Å². The Morgan fingerprint density at radius 3 is 2.86 bits per heavy atom. The maximum atomic E-state index is 13.1. The minimum Gasteiger partial charge on any atom is -0.357 e. The molecule has 21 heavy (non-hydrogen) atoms. The quantitative estimate of drug-likeness (QED) is 0.916. The molecule has 6 heteroatoms. The van der Waals surface area contributed by atoms with Crippen molar-refractivity contribution in [3.05, 3.63) is 47.9 Å². The van der Waals surface area contributed by atoms with E-state index in [0.717, 1.165) is 5.56 Å². The Bertz CT molecular complexity index is 626. The number of amides is 1. The lowest BCUT2D eigenvalue weighted by atomic mass is 10.2. The van der Waals surface area contributed by atoms with Crippen LogP contribution in [-0.2, 0) is 18.4 Å². The lowest BCUT2D eigenvalue weighted by molar-refractivity contribution is -0.130. The lowest BCUT2D eigenvalue weighted by Gasteiger charge is -2.22. The molecule has 112 valence electrons. The van der Waals surface area contributed by atoms with E-state index in [1.807, 2.05) is 7.05 Å². The third-order valence-corrected chi connectivity index (χ3v) is 3.13. The largest absolute Gasteiger partial charge is 0.357 e. The standard InChI is InChI=1S/C15H19FN4O/c1-11(17-14-7-8-20(3)18-14)15(21)19(2)10-12-5-4-6-13(16)9-12/h4-9,11H,10H2,1-3H3,(H,17,18). The van der Waals surface area contributed by atoms with Crippen LogP contribution in [-0.4, -0.2) is 33.7 Å². The van der Waals surface area contributed by atoms with Crippen LogP contribution >= 0.6 is 0 Å². The molecule has 0 aliphatic carbocycles. The lowest BCUT2D eigenvalue weighted by Crippen LogP contribution is -2.38. The zero-order valence-electron chi connectivity index (χ0n) is 12.4. The summed E-state index contributed by atoms with van der Waals surface area (Å²) in [5, 5.41) is 7.22. The molecule has 5 nitrogen and oxygen atoms in total. The van der Waals surface area contributed by atoms with Crippen LogP contribution in [0.1, 0.15) is 12.5 Å². The Balaban J connectivity index is 1.95. The highest BCUT2D eigenvalue weighted by Gasteiger charge is 2.18. The van der Waals surface area contributed by atoms with Crippen LogP contribution in [0.3, 0.4) is 0 Å². The highest BCUT2D eigenvalue weighted by atomic mass is 19.1. The van der Waals surface area contributed by atoms with Crippen LogP contribution in [0.5, 0.6) is 0 Å². The van der Waals surface area contributed by atoms with Crippen molar-refractivity contribution < 1.29 is 9.18 Å². The first-order valence-corrected chi connectivity index (χ1v) is 6.71. The molecule has 2 rings (SSSR count). The van der Waals surface area contributed by atoms with E-state index >= 15 is 0 Å². The maximum Gasteiger partial charge on any atom is 0.244 e. The number of carbonyl (C=O) groups is 1. The highest BCUT2D eigenvalue weighted by molar-refractivity contribution is 5.83. The van der Waals surface area contributed by atoms with Gasteiger partial charge in [-0.3, -0.25) is 9.48 Å². The predicted molar refractivity (Wildman–Crippen MR) is 79.2 cm³/mol. The van der Waals surface area contributed by atoms with Crippen LogP contribution in [0.2, 0.25) is 0 Å². The number of benzene rings is 1. The fraction of sp³-hybridized carbons (Fsp3) is 0.333. The van der Waals surface area contributed by atoms with Gasteiger partial charge in [0, 0.05) is 32.9 Å². The van der Waals surface area contributed by atoms with Crippen molar-refractivity contribution in [1.29, 1.82) is 0 Å². The van der Waals surface area contributed by atoms with Crippen LogP contribution in [0, 0.1) is 5.82 Å². The number of nitrogens with zero attached hydrogens (tertiary/aromatic N) is 3. The normalized spacial score (nSPS) is 12.0. The molecule has 1 atom stereocenters. The van der Waals surface area contributed by atoms with Gasteiger partial charge < -0.3 is 10.2 Å². The SMILES string of the molecule is CC(Nc1ccn(C)n1)C(=O)N(C)Cc1cccc(F)c1. The molecule has 1 amide bonds. The van der Waals surface area contributed by atoms with Gasteiger partial charge in [-0.15, -0.1) is 0 Å². The zero-order chi connectivity index (χ0) is 15.4. The number of hydrogen-bond acceptors (Lipinski definition) is 3. The van der Waals surface area contributed by atoms with Crippen molar-refractivity contribution in [2.24, 2.45) is 7.05 Å². The van der Waals surface area contributed by atoms with Crippen LogP contribution in [0.4, 0.5) is 10.2 Å². The van der Waals surface area contributed by atoms with Crippen molar-refractivity contribution in [2.45, 2.75) is 19.5 Å². The Kier molecular flexibility index (Phi) is 4.57. The third-order valence-electron chi connectivity index (χ3n) is 3.13. The van der Waals surface area contributed by atoms with E-state index in [-0.39, 0.29) is 11.7 Å². The summed E-state index contributed by atoms with van der Waals surface area (Å²) >= 11 is 0. The second kappa shape index (κ2) is 6.39. The molecule has 0 saturated carbocycles. The fourth-order valence-corrected chi connectivity index (χ4v) is 2.09. The van der Waals surface area contributed by atoms with Gasteiger partial charge in [-0.05, 0) is 24.6 Å². The first-order valence-electron chi connectivity index (χ1n) is 6.71. The average Bonchev–Trinajstić information content (AvgIpc) is 2.83. The maximum absolute atomic E-state index is 13.1. The number of aryl methyl sites for hydroxylation is 1. The van der Waals surface area contributed by atoms with E-state index < -0.39 is 6.04 Å². The molecular formula is C15H19FN4O. The molecule has 0 spiro atoms. The number of nitrogens with one attached hydrogen (secondary N) is 1. The predicted octanol–water partition coefficient (Wildman–Crippen LogP) is 2.02. The number of aromatic nitrogens is 2. The van der Waals surface area contributed by atoms with Gasteiger partial charge in [-0.2, -0.15) is 5.10 Å². The van der Waals surface area contributed by atoms with E-state index in [1.165, 1.54) is 12.1 Å². The number of halogens is 1. The summed E-state index contributed by atoms with van der Waals surface area (Å²) in [7, 11) is 3.51. The van der Waals surface area contributed by atoms with Crippen molar-refractivity contribution in [1.82, 2.24) is 14.7 Å². The average molecular weight is 290 g/mol. The van der Waals surface area contributed by atoms with Crippen molar-refractivity contribution >= 4 is 11.7 Å². The molecule has 2 aromatic rings. The minimum atomic E-state index is -0.404. The minimum absolute atomic E-state index is 0.0788. The summed E-state index contributed by atoms with van der Waals surface area (Å²) in [6, 6.07) is 7.65. The number of carbonyl (C=O) groups excluding carboxylic acids is 1. The Labute approximate surface area is 123 Å². The molecule has 0 aliphatic heterocycles. The molecular weight excluding hydrogens is 271 g/mol. The van der Waals surface area contributed by atoms with Gasteiger partial charge in [0.05, 0.1) is 0 Å². The van der Waals surface area contributed by atoms with Gasteiger partial charge in [0.15, 0.2) is 0 Å². The zero-order valence-corrected chi connectivity index (χ0v) is 12.4. The van der Waals surface area contributed by atoms with Gasteiger partial charge in [0.2, 0.25) is 5.91 Å². The summed E-state index contributed by atoms with van der Waals surface area (Å²) in [5.74, 6) is 0.274. The topological polar surface area (TPSA) is 50.2 Å². The van der Waals surface area contributed by atoms with Crippen LogP contribution in [0.25, 0.3) is 0 Å². The van der Waals surface area contributed by atoms with Crippen molar-refractivity contribution in [2.75, 3.05) is 12.4 Å². The first kappa shape index (κ1) is 15.0. The van der Waals surface area contributed by atoms with Gasteiger partial charge in [0.25, 0.3) is 0 Å². The summed E-state index contributed by atoms with van der Waals surface area (Å²) in [4.78, 5) is 13.8. The Morgan fingerprint density at radius 1 is 1.48 bits per heavy atom. The van der Waals surface area contributed by atoms with E-state index in [1.54, 1.807) is 47.9 Å². The van der Waals surface area contributed by atoms with E-state index in [9.17, 15) is 9.18 Å². The second-order valence-electron chi connectivity index (χ2n) is 5.06. The smallest absolute Gasteiger partial charge is 0.244 e. The summed E-state index contributed by atoms with van der Waals surface area (Å²) < 4.78 is 14.8. The summed E-state index contributed by atoms with van der Waals surface area (Å²) in [6.07, 6.45) is 1.80. The van der Waals surface area contributed by atoms with Gasteiger partial charge in [-0.25, -0.2) is 4.39 Å². The molecule has 0 radical (unpaired) electrons. The highest BCUT2D eigenvalue weighted by Crippen LogP contribution is 2.09. The van der Waals surface area contributed by atoms with Gasteiger partial charge in [0.1, 0.15) is 17.7 Å². The van der Waals surface area contributed by atoms with E-state index in [2.05, 4.69) is 10.4 Å². The fourth-order valence-electron chi connectivity index (χ4n) is 2.09. The van der Waals surface area contributed by atoms with Gasteiger partial charge >= 0.3 is 0 Å².